The van der Waals surface area contributed by atoms with Crippen molar-refractivity contribution in [3.05, 3.63) is 71.6 Å². The van der Waals surface area contributed by atoms with Gasteiger partial charge in [-0.2, -0.15) is 0 Å². The van der Waals surface area contributed by atoms with E-state index >= 15 is 0 Å². The highest BCUT2D eigenvalue weighted by Gasteiger charge is 2.18. The molecule has 22 heavy (non-hydrogen) atoms. The smallest absolute Gasteiger partial charge is 0.233 e. The summed E-state index contributed by atoms with van der Waals surface area (Å²) in [5.74, 6) is -0.456. The molecule has 3 N–H and O–H groups in total. The zero-order valence-electron chi connectivity index (χ0n) is 11.8. The fourth-order valence-electron chi connectivity index (χ4n) is 2.09. The van der Waals surface area contributed by atoms with E-state index in [0.29, 0.717) is 12.0 Å². The molecule has 0 aliphatic heterocycles. The van der Waals surface area contributed by atoms with E-state index in [1.165, 1.54) is 12.1 Å². The van der Waals surface area contributed by atoms with Crippen LogP contribution in [0.3, 0.4) is 0 Å². The van der Waals surface area contributed by atoms with Crippen molar-refractivity contribution < 1.29 is 18.6 Å². The first-order chi connectivity index (χ1) is 10.4. The average molecular weight is 319 g/mol. The first kappa shape index (κ1) is 16.1. The molecule has 6 heteroatoms. The second kappa shape index (κ2) is 6.64. The summed E-state index contributed by atoms with van der Waals surface area (Å²) in [4.78, 5) is 0. The van der Waals surface area contributed by atoms with Crippen molar-refractivity contribution >= 4 is 10.0 Å². The molecule has 2 rings (SSSR count). The number of rotatable bonds is 6. The van der Waals surface area contributed by atoms with E-state index in [1.54, 1.807) is 6.07 Å². The van der Waals surface area contributed by atoms with Crippen LogP contribution in [-0.4, -0.2) is 18.6 Å². The molecule has 0 amide bonds. The first-order valence-corrected chi connectivity index (χ1v) is 8.16. The van der Waals surface area contributed by atoms with Crippen LogP contribution in [0.4, 0.5) is 0 Å². The van der Waals surface area contributed by atoms with Crippen LogP contribution in [0.5, 0.6) is 11.5 Å². The molecule has 5 nitrogen and oxygen atoms in total. The highest BCUT2D eigenvalue weighted by molar-refractivity contribution is 7.92. The van der Waals surface area contributed by atoms with Crippen molar-refractivity contribution in [2.24, 2.45) is 0 Å². The van der Waals surface area contributed by atoms with E-state index in [2.05, 4.69) is 11.3 Å². The molecular formula is C16H17NO4S. The Balaban J connectivity index is 2.32. The Morgan fingerprint density at radius 1 is 1.09 bits per heavy atom. The van der Waals surface area contributed by atoms with Gasteiger partial charge in [0.1, 0.15) is 0 Å². The molecule has 0 fully saturated rings. The lowest BCUT2D eigenvalue weighted by Gasteiger charge is -2.18. The van der Waals surface area contributed by atoms with Gasteiger partial charge in [0.05, 0.1) is 6.04 Å². The van der Waals surface area contributed by atoms with Crippen molar-refractivity contribution in [3.63, 3.8) is 0 Å². The van der Waals surface area contributed by atoms with E-state index < -0.39 is 16.1 Å². The lowest BCUT2D eigenvalue weighted by Crippen LogP contribution is -2.28. The van der Waals surface area contributed by atoms with Gasteiger partial charge in [0.25, 0.3) is 0 Å². The van der Waals surface area contributed by atoms with Gasteiger partial charge in [-0.15, -0.1) is 0 Å². The molecule has 0 saturated carbocycles. The molecule has 2 aromatic rings. The molecule has 2 aromatic carbocycles. The Kier molecular flexibility index (Phi) is 4.85. The fraction of sp³-hybridized carbons (Fsp3) is 0.125. The normalized spacial score (nSPS) is 12.7. The highest BCUT2D eigenvalue weighted by atomic mass is 32.2. The monoisotopic (exact) mass is 319 g/mol. The second-order valence-electron chi connectivity index (χ2n) is 4.82. The Hall–Kier alpha value is -2.31. The lowest BCUT2D eigenvalue weighted by molar-refractivity contribution is 0.403. The zero-order valence-corrected chi connectivity index (χ0v) is 12.6. The van der Waals surface area contributed by atoms with Gasteiger partial charge in [-0.3, -0.25) is 0 Å². The SMILES string of the molecule is C=CS(=O)(=O)NC(Cc1ccc(O)c(O)c1)c1ccccc1. The number of aromatic hydroxyl groups is 2. The number of phenols is 2. The van der Waals surface area contributed by atoms with Crippen LogP contribution in [-0.2, 0) is 16.4 Å². The van der Waals surface area contributed by atoms with Crippen LogP contribution in [0.2, 0.25) is 0 Å². The molecule has 0 saturated heterocycles. The second-order valence-corrected chi connectivity index (χ2v) is 6.48. The quantitative estimate of drug-likeness (QED) is 0.714. The molecule has 0 radical (unpaired) electrons. The Morgan fingerprint density at radius 2 is 1.77 bits per heavy atom. The van der Waals surface area contributed by atoms with Crippen molar-refractivity contribution in [3.8, 4) is 11.5 Å². The highest BCUT2D eigenvalue weighted by Crippen LogP contribution is 2.27. The van der Waals surface area contributed by atoms with Gasteiger partial charge in [-0.25, -0.2) is 13.1 Å². The Bertz CT molecular complexity index is 757. The zero-order chi connectivity index (χ0) is 16.2. The summed E-state index contributed by atoms with van der Waals surface area (Å²) >= 11 is 0. The van der Waals surface area contributed by atoms with Crippen LogP contribution >= 0.6 is 0 Å². The summed E-state index contributed by atoms with van der Waals surface area (Å²) in [5, 5.41) is 19.8. The molecule has 0 aromatic heterocycles. The van der Waals surface area contributed by atoms with E-state index in [-0.39, 0.29) is 11.5 Å². The van der Waals surface area contributed by atoms with Gasteiger partial charge < -0.3 is 10.2 Å². The minimum absolute atomic E-state index is 0.216. The van der Waals surface area contributed by atoms with E-state index in [9.17, 15) is 18.6 Å². The Labute approximate surface area is 129 Å². The molecular weight excluding hydrogens is 302 g/mol. The lowest BCUT2D eigenvalue weighted by atomic mass is 9.99. The average Bonchev–Trinajstić information content (AvgIpc) is 2.51. The number of sulfonamides is 1. The number of phenolic OH excluding ortho intramolecular Hbond substituents is 2. The maximum Gasteiger partial charge on any atom is 0.233 e. The summed E-state index contributed by atoms with van der Waals surface area (Å²) in [6.45, 7) is 3.29. The maximum atomic E-state index is 11.8. The third-order valence-electron chi connectivity index (χ3n) is 3.21. The van der Waals surface area contributed by atoms with Crippen LogP contribution in [0.25, 0.3) is 0 Å². The molecule has 0 spiro atoms. The molecule has 1 unspecified atom stereocenters. The standard InChI is InChI=1S/C16H17NO4S/c1-2-22(20,21)17-14(13-6-4-3-5-7-13)10-12-8-9-15(18)16(19)11-12/h2-9,11,14,17-19H,1,10H2. The van der Waals surface area contributed by atoms with Crippen molar-refractivity contribution in [1.29, 1.82) is 0 Å². The van der Waals surface area contributed by atoms with Crippen molar-refractivity contribution in [1.82, 2.24) is 4.72 Å². The number of hydrogen-bond acceptors (Lipinski definition) is 4. The van der Waals surface area contributed by atoms with Gasteiger partial charge >= 0.3 is 0 Å². The summed E-state index contributed by atoms with van der Waals surface area (Å²) in [5.41, 5.74) is 1.48. The van der Waals surface area contributed by atoms with E-state index in [1.807, 2.05) is 30.3 Å². The topological polar surface area (TPSA) is 86.6 Å². The molecule has 0 heterocycles. The van der Waals surface area contributed by atoms with Crippen molar-refractivity contribution in [2.45, 2.75) is 12.5 Å². The van der Waals surface area contributed by atoms with Gasteiger partial charge in [0.2, 0.25) is 10.0 Å². The first-order valence-electron chi connectivity index (χ1n) is 6.62. The molecule has 0 bridgehead atoms. The van der Waals surface area contributed by atoms with Crippen LogP contribution in [0.1, 0.15) is 17.2 Å². The molecule has 0 aliphatic carbocycles. The largest absolute Gasteiger partial charge is 0.504 e. The van der Waals surface area contributed by atoms with E-state index in [4.69, 9.17) is 0 Å². The van der Waals surface area contributed by atoms with Crippen LogP contribution in [0.15, 0.2) is 60.5 Å². The minimum Gasteiger partial charge on any atom is -0.504 e. The van der Waals surface area contributed by atoms with Crippen LogP contribution in [0, 0.1) is 0 Å². The van der Waals surface area contributed by atoms with E-state index in [0.717, 1.165) is 11.0 Å². The van der Waals surface area contributed by atoms with Gasteiger partial charge in [-0.05, 0) is 29.7 Å². The van der Waals surface area contributed by atoms with Gasteiger partial charge in [0, 0.05) is 5.41 Å². The third-order valence-corrected chi connectivity index (χ3v) is 4.26. The predicted molar refractivity (Wildman–Crippen MR) is 84.9 cm³/mol. The minimum atomic E-state index is -3.60. The molecule has 0 aliphatic rings. The van der Waals surface area contributed by atoms with Gasteiger partial charge in [0.15, 0.2) is 11.5 Å². The van der Waals surface area contributed by atoms with Crippen LogP contribution < -0.4 is 4.72 Å². The Morgan fingerprint density at radius 3 is 2.36 bits per heavy atom. The number of hydrogen-bond donors (Lipinski definition) is 3. The predicted octanol–water partition coefficient (Wildman–Crippen LogP) is 2.44. The molecule has 1 atom stereocenters. The third kappa shape index (κ3) is 4.09. The summed E-state index contributed by atoms with van der Waals surface area (Å²) in [6, 6.07) is 13.0. The van der Waals surface area contributed by atoms with Crippen molar-refractivity contribution in [2.75, 3.05) is 0 Å². The number of nitrogens with one attached hydrogen (secondary N) is 1. The molecule has 116 valence electrons. The number of benzene rings is 2. The maximum absolute atomic E-state index is 11.8. The fourth-order valence-corrected chi connectivity index (χ4v) is 2.80. The van der Waals surface area contributed by atoms with Gasteiger partial charge in [-0.1, -0.05) is 43.0 Å². The summed E-state index contributed by atoms with van der Waals surface area (Å²) in [7, 11) is -3.60. The summed E-state index contributed by atoms with van der Waals surface area (Å²) < 4.78 is 26.1. The summed E-state index contributed by atoms with van der Waals surface area (Å²) in [6.07, 6.45) is 0.324.